The van der Waals surface area contributed by atoms with Gasteiger partial charge in [0.1, 0.15) is 0 Å². The summed E-state index contributed by atoms with van der Waals surface area (Å²) in [6.45, 7) is 3.42. The van der Waals surface area contributed by atoms with Gasteiger partial charge in [-0.2, -0.15) is 0 Å². The second-order valence-electron chi connectivity index (χ2n) is 6.18. The minimum absolute atomic E-state index is 0.0451. The summed E-state index contributed by atoms with van der Waals surface area (Å²) in [5.41, 5.74) is 3.44. The van der Waals surface area contributed by atoms with E-state index in [1.54, 1.807) is 0 Å². The molecule has 0 spiro atoms. The number of esters is 1. The number of benzene rings is 1. The Morgan fingerprint density at radius 3 is 2.86 bits per heavy atom. The molecule has 0 saturated carbocycles. The molecular formula is C18H23NO3. The minimum Gasteiger partial charge on any atom is -0.466 e. The first-order valence-corrected chi connectivity index (χ1v) is 8.26. The zero-order valence-corrected chi connectivity index (χ0v) is 13.1. The molecule has 0 N–H and O–H groups in total. The van der Waals surface area contributed by atoms with Gasteiger partial charge in [-0.3, -0.25) is 9.59 Å². The van der Waals surface area contributed by atoms with Crippen molar-refractivity contribution in [2.45, 2.75) is 39.0 Å². The van der Waals surface area contributed by atoms with Gasteiger partial charge in [0.25, 0.3) is 5.91 Å². The third kappa shape index (κ3) is 3.01. The molecular weight excluding hydrogens is 278 g/mol. The fraction of sp³-hybridized carbons (Fsp3) is 0.556. The fourth-order valence-corrected chi connectivity index (χ4v) is 3.50. The summed E-state index contributed by atoms with van der Waals surface area (Å²) in [7, 11) is 0. The molecule has 2 aliphatic rings. The molecule has 0 radical (unpaired) electrons. The molecule has 4 nitrogen and oxygen atoms in total. The Balaban J connectivity index is 1.70. The van der Waals surface area contributed by atoms with Gasteiger partial charge < -0.3 is 9.64 Å². The molecule has 0 bridgehead atoms. The van der Waals surface area contributed by atoms with Gasteiger partial charge in [-0.05, 0) is 62.3 Å². The number of ether oxygens (including phenoxy) is 1. The highest BCUT2D eigenvalue weighted by atomic mass is 16.5. The summed E-state index contributed by atoms with van der Waals surface area (Å²) >= 11 is 0. The van der Waals surface area contributed by atoms with Gasteiger partial charge in [0.05, 0.1) is 12.5 Å². The van der Waals surface area contributed by atoms with Gasteiger partial charge in [-0.15, -0.1) is 0 Å². The van der Waals surface area contributed by atoms with Gasteiger partial charge in [0.15, 0.2) is 0 Å². The number of aryl methyl sites for hydroxylation is 2. The van der Waals surface area contributed by atoms with E-state index in [4.69, 9.17) is 4.74 Å². The molecule has 1 amide bonds. The molecule has 0 aromatic heterocycles. The van der Waals surface area contributed by atoms with E-state index < -0.39 is 0 Å². The van der Waals surface area contributed by atoms with Crippen molar-refractivity contribution in [1.82, 2.24) is 4.90 Å². The minimum atomic E-state index is -0.174. The molecule has 1 fully saturated rings. The number of carbonyl (C=O) groups is 2. The highest BCUT2D eigenvalue weighted by molar-refractivity contribution is 5.95. The Kier molecular flexibility index (Phi) is 4.46. The number of hydrogen-bond acceptors (Lipinski definition) is 3. The van der Waals surface area contributed by atoms with Crippen molar-refractivity contribution in [3.8, 4) is 0 Å². The van der Waals surface area contributed by atoms with Crippen LogP contribution < -0.4 is 0 Å². The molecule has 1 unspecified atom stereocenters. The molecule has 1 aromatic carbocycles. The van der Waals surface area contributed by atoms with Crippen molar-refractivity contribution < 1.29 is 14.3 Å². The van der Waals surface area contributed by atoms with E-state index in [0.29, 0.717) is 13.2 Å². The second-order valence-corrected chi connectivity index (χ2v) is 6.18. The van der Waals surface area contributed by atoms with Crippen LogP contribution >= 0.6 is 0 Å². The Bertz CT molecular complexity index is 582. The first kappa shape index (κ1) is 15.1. The molecule has 118 valence electrons. The fourth-order valence-electron chi connectivity index (χ4n) is 3.50. The van der Waals surface area contributed by atoms with Crippen LogP contribution in [0.1, 0.15) is 47.7 Å². The van der Waals surface area contributed by atoms with Gasteiger partial charge in [0, 0.05) is 18.7 Å². The van der Waals surface area contributed by atoms with E-state index in [1.165, 1.54) is 17.5 Å². The largest absolute Gasteiger partial charge is 0.466 e. The normalized spacial score (nSPS) is 20.6. The number of carbonyl (C=O) groups excluding carboxylic acids is 2. The highest BCUT2D eigenvalue weighted by Crippen LogP contribution is 2.25. The molecule has 1 aromatic rings. The predicted molar refractivity (Wildman–Crippen MR) is 83.7 cm³/mol. The maximum Gasteiger partial charge on any atom is 0.310 e. The molecule has 1 heterocycles. The van der Waals surface area contributed by atoms with E-state index in [2.05, 4.69) is 6.07 Å². The van der Waals surface area contributed by atoms with Crippen molar-refractivity contribution in [2.24, 2.45) is 5.92 Å². The van der Waals surface area contributed by atoms with Crippen LogP contribution in [-0.2, 0) is 22.4 Å². The van der Waals surface area contributed by atoms with Crippen molar-refractivity contribution in [3.05, 3.63) is 34.9 Å². The quantitative estimate of drug-likeness (QED) is 0.806. The van der Waals surface area contributed by atoms with E-state index >= 15 is 0 Å². The standard InChI is InChI=1S/C18H23NO3/c1-2-22-18(21)16-7-4-10-19(12-16)17(20)15-9-8-13-5-3-6-14(13)11-15/h8-9,11,16H,2-7,10,12H2,1H3. The third-order valence-corrected chi connectivity index (χ3v) is 4.67. The van der Waals surface area contributed by atoms with Crippen LogP contribution in [0.15, 0.2) is 18.2 Å². The van der Waals surface area contributed by atoms with Crippen molar-refractivity contribution in [3.63, 3.8) is 0 Å². The zero-order valence-electron chi connectivity index (χ0n) is 13.1. The monoisotopic (exact) mass is 301 g/mol. The van der Waals surface area contributed by atoms with Gasteiger partial charge >= 0.3 is 5.97 Å². The average molecular weight is 301 g/mol. The third-order valence-electron chi connectivity index (χ3n) is 4.67. The molecule has 22 heavy (non-hydrogen) atoms. The van der Waals surface area contributed by atoms with E-state index in [1.807, 2.05) is 24.0 Å². The van der Waals surface area contributed by atoms with Crippen molar-refractivity contribution in [1.29, 1.82) is 0 Å². The number of amides is 1. The first-order valence-electron chi connectivity index (χ1n) is 8.26. The van der Waals surface area contributed by atoms with Crippen LogP contribution in [0, 0.1) is 5.92 Å². The lowest BCUT2D eigenvalue weighted by atomic mass is 9.97. The lowest BCUT2D eigenvalue weighted by Gasteiger charge is -2.31. The predicted octanol–water partition coefficient (Wildman–Crippen LogP) is 2.59. The Morgan fingerprint density at radius 1 is 1.23 bits per heavy atom. The van der Waals surface area contributed by atoms with E-state index in [-0.39, 0.29) is 17.8 Å². The Morgan fingerprint density at radius 2 is 2.05 bits per heavy atom. The van der Waals surface area contributed by atoms with Crippen molar-refractivity contribution in [2.75, 3.05) is 19.7 Å². The summed E-state index contributed by atoms with van der Waals surface area (Å²) < 4.78 is 5.10. The molecule has 1 saturated heterocycles. The molecule has 1 aliphatic carbocycles. The van der Waals surface area contributed by atoms with Gasteiger partial charge in [0.2, 0.25) is 0 Å². The first-order chi connectivity index (χ1) is 10.7. The number of piperidine rings is 1. The second kappa shape index (κ2) is 6.51. The SMILES string of the molecule is CCOC(=O)C1CCCN(C(=O)c2ccc3c(c2)CCC3)C1. The van der Waals surface area contributed by atoms with Crippen LogP contribution in [0.5, 0.6) is 0 Å². The number of nitrogens with zero attached hydrogens (tertiary/aromatic N) is 1. The van der Waals surface area contributed by atoms with E-state index in [9.17, 15) is 9.59 Å². The van der Waals surface area contributed by atoms with Crippen LogP contribution in [0.4, 0.5) is 0 Å². The average Bonchev–Trinajstić information content (AvgIpc) is 3.02. The van der Waals surface area contributed by atoms with Crippen LogP contribution in [0.3, 0.4) is 0 Å². The summed E-state index contributed by atoms with van der Waals surface area (Å²) in [6, 6.07) is 6.06. The van der Waals surface area contributed by atoms with Crippen LogP contribution in [-0.4, -0.2) is 36.5 Å². The number of likely N-dealkylation sites (tertiary alicyclic amines) is 1. The summed E-state index contributed by atoms with van der Waals surface area (Å²) in [5, 5.41) is 0. The number of hydrogen-bond donors (Lipinski definition) is 0. The maximum absolute atomic E-state index is 12.7. The molecule has 1 aliphatic heterocycles. The molecule has 1 atom stereocenters. The van der Waals surface area contributed by atoms with Crippen molar-refractivity contribution >= 4 is 11.9 Å². The highest BCUT2D eigenvalue weighted by Gasteiger charge is 2.30. The van der Waals surface area contributed by atoms with E-state index in [0.717, 1.165) is 37.8 Å². The summed E-state index contributed by atoms with van der Waals surface area (Å²) in [4.78, 5) is 26.4. The van der Waals surface area contributed by atoms with Crippen LogP contribution in [0.25, 0.3) is 0 Å². The van der Waals surface area contributed by atoms with Gasteiger partial charge in [-0.25, -0.2) is 0 Å². The smallest absolute Gasteiger partial charge is 0.310 e. The topological polar surface area (TPSA) is 46.6 Å². The molecule has 4 heteroatoms. The van der Waals surface area contributed by atoms with Crippen LogP contribution in [0.2, 0.25) is 0 Å². The Labute approximate surface area is 131 Å². The summed E-state index contributed by atoms with van der Waals surface area (Å²) in [5.74, 6) is -0.301. The number of rotatable bonds is 3. The summed E-state index contributed by atoms with van der Waals surface area (Å²) in [6.07, 6.45) is 5.05. The lowest BCUT2D eigenvalue weighted by Crippen LogP contribution is -2.42. The van der Waals surface area contributed by atoms with Gasteiger partial charge in [-0.1, -0.05) is 6.07 Å². The lowest BCUT2D eigenvalue weighted by molar-refractivity contribution is -0.149. The maximum atomic E-state index is 12.7. The zero-order chi connectivity index (χ0) is 15.5. The Hall–Kier alpha value is -1.84. The number of fused-ring (bicyclic) bond motifs is 1. The molecule has 3 rings (SSSR count).